The molecule has 2 aliphatic rings. The minimum absolute atomic E-state index is 0.0260. The third kappa shape index (κ3) is 3.66. The first kappa shape index (κ1) is 16.5. The lowest BCUT2D eigenvalue weighted by molar-refractivity contribution is 0.0900. The van der Waals surface area contributed by atoms with Gasteiger partial charge in [-0.1, -0.05) is 11.6 Å². The summed E-state index contributed by atoms with van der Waals surface area (Å²) in [4.78, 5) is 23.7. The minimum atomic E-state index is -0.321. The standard InChI is InChI=1S/C19H19ClFN3O/c20-16-11-17(23-19(22-16)14-1-2-14)24-9-7-13(8-10-24)18(25)12-3-5-15(21)6-4-12/h3-6,11,13-14H,1-2,7-10H2. The number of carbonyl (C=O) groups excluding carboxylic acids is 1. The first-order valence-electron chi connectivity index (χ1n) is 8.69. The normalized spacial score (nSPS) is 18.4. The maximum Gasteiger partial charge on any atom is 0.166 e. The second-order valence-corrected chi connectivity index (χ2v) is 7.20. The largest absolute Gasteiger partial charge is 0.356 e. The monoisotopic (exact) mass is 359 g/mol. The summed E-state index contributed by atoms with van der Waals surface area (Å²) < 4.78 is 13.0. The molecule has 0 atom stereocenters. The predicted molar refractivity (Wildman–Crippen MR) is 94.7 cm³/mol. The molecule has 2 aromatic rings. The van der Waals surface area contributed by atoms with E-state index in [4.69, 9.17) is 11.6 Å². The zero-order chi connectivity index (χ0) is 17.4. The van der Waals surface area contributed by atoms with Crippen molar-refractivity contribution in [1.29, 1.82) is 0 Å². The summed E-state index contributed by atoms with van der Waals surface area (Å²) >= 11 is 6.15. The second-order valence-electron chi connectivity index (χ2n) is 6.81. The molecule has 1 saturated heterocycles. The molecule has 0 bridgehead atoms. The Balaban J connectivity index is 1.43. The van der Waals surface area contributed by atoms with Gasteiger partial charge < -0.3 is 4.90 Å². The smallest absolute Gasteiger partial charge is 0.166 e. The molecule has 1 aliphatic carbocycles. The van der Waals surface area contributed by atoms with Crippen LogP contribution in [0.3, 0.4) is 0 Å². The Morgan fingerprint density at radius 3 is 2.40 bits per heavy atom. The van der Waals surface area contributed by atoms with E-state index in [0.717, 1.165) is 50.4 Å². The van der Waals surface area contributed by atoms with Crippen LogP contribution < -0.4 is 4.90 Å². The number of rotatable bonds is 4. The topological polar surface area (TPSA) is 46.1 Å². The van der Waals surface area contributed by atoms with Crippen molar-refractivity contribution in [2.24, 2.45) is 5.92 Å². The van der Waals surface area contributed by atoms with E-state index >= 15 is 0 Å². The fourth-order valence-electron chi connectivity index (χ4n) is 3.33. The fourth-order valence-corrected chi connectivity index (χ4v) is 3.51. The first-order valence-corrected chi connectivity index (χ1v) is 9.07. The minimum Gasteiger partial charge on any atom is -0.356 e. The average molecular weight is 360 g/mol. The highest BCUT2D eigenvalue weighted by molar-refractivity contribution is 6.29. The molecule has 25 heavy (non-hydrogen) atoms. The predicted octanol–water partition coefficient (Wildman–Crippen LogP) is 4.25. The molecule has 0 radical (unpaired) electrons. The number of hydrogen-bond donors (Lipinski definition) is 0. The van der Waals surface area contributed by atoms with Gasteiger partial charge in [0.05, 0.1) is 0 Å². The molecule has 0 unspecified atom stereocenters. The van der Waals surface area contributed by atoms with E-state index in [2.05, 4.69) is 14.9 Å². The first-order chi connectivity index (χ1) is 12.1. The molecule has 6 heteroatoms. The van der Waals surface area contributed by atoms with E-state index in [1.165, 1.54) is 12.1 Å². The SMILES string of the molecule is O=C(c1ccc(F)cc1)C1CCN(c2cc(Cl)nc(C3CC3)n2)CC1. The number of benzene rings is 1. The highest BCUT2D eigenvalue weighted by atomic mass is 35.5. The summed E-state index contributed by atoms with van der Waals surface area (Å²) in [7, 11) is 0. The summed E-state index contributed by atoms with van der Waals surface area (Å²) in [6, 6.07) is 7.61. The van der Waals surface area contributed by atoms with Crippen molar-refractivity contribution in [2.75, 3.05) is 18.0 Å². The van der Waals surface area contributed by atoms with Gasteiger partial charge in [-0.25, -0.2) is 14.4 Å². The Bertz CT molecular complexity index is 784. The van der Waals surface area contributed by atoms with Crippen LogP contribution in [0.1, 0.15) is 47.8 Å². The van der Waals surface area contributed by atoms with Crippen LogP contribution in [0.2, 0.25) is 5.15 Å². The van der Waals surface area contributed by atoms with E-state index in [0.29, 0.717) is 16.6 Å². The maximum absolute atomic E-state index is 13.0. The zero-order valence-electron chi connectivity index (χ0n) is 13.8. The Kier molecular flexibility index (Phi) is 4.42. The third-order valence-corrected chi connectivity index (χ3v) is 5.15. The maximum atomic E-state index is 13.0. The summed E-state index contributed by atoms with van der Waals surface area (Å²) in [5.41, 5.74) is 0.584. The highest BCUT2D eigenvalue weighted by Gasteiger charge is 2.30. The quantitative estimate of drug-likeness (QED) is 0.605. The van der Waals surface area contributed by atoms with Crippen molar-refractivity contribution in [2.45, 2.75) is 31.6 Å². The van der Waals surface area contributed by atoms with Crippen LogP contribution in [-0.2, 0) is 0 Å². The lowest BCUT2D eigenvalue weighted by Gasteiger charge is -2.32. The molecule has 0 N–H and O–H groups in total. The van der Waals surface area contributed by atoms with Gasteiger partial charge in [0.25, 0.3) is 0 Å². The van der Waals surface area contributed by atoms with Gasteiger partial charge >= 0.3 is 0 Å². The van der Waals surface area contributed by atoms with E-state index in [-0.39, 0.29) is 17.5 Å². The Morgan fingerprint density at radius 2 is 1.76 bits per heavy atom. The number of Topliss-reactive ketones (excluding diaryl/α,β-unsaturated/α-hetero) is 1. The van der Waals surface area contributed by atoms with E-state index < -0.39 is 0 Å². The molecule has 1 saturated carbocycles. The highest BCUT2D eigenvalue weighted by Crippen LogP contribution is 2.39. The van der Waals surface area contributed by atoms with Gasteiger partial charge in [-0.15, -0.1) is 0 Å². The Hall–Kier alpha value is -2.01. The van der Waals surface area contributed by atoms with Gasteiger partial charge in [0.1, 0.15) is 22.6 Å². The lowest BCUT2D eigenvalue weighted by atomic mass is 9.89. The van der Waals surface area contributed by atoms with E-state index in [1.54, 1.807) is 18.2 Å². The number of ketones is 1. The van der Waals surface area contributed by atoms with Crippen molar-refractivity contribution < 1.29 is 9.18 Å². The van der Waals surface area contributed by atoms with Crippen molar-refractivity contribution in [3.05, 3.63) is 52.7 Å². The van der Waals surface area contributed by atoms with Crippen molar-refractivity contribution in [1.82, 2.24) is 9.97 Å². The lowest BCUT2D eigenvalue weighted by Crippen LogP contribution is -2.37. The number of piperidine rings is 1. The van der Waals surface area contributed by atoms with E-state index in [1.807, 2.05) is 0 Å². The van der Waals surface area contributed by atoms with Crippen LogP contribution >= 0.6 is 11.6 Å². The molecule has 1 aromatic carbocycles. The molecule has 2 fully saturated rings. The summed E-state index contributed by atoms with van der Waals surface area (Å²) in [5.74, 6) is 1.90. The van der Waals surface area contributed by atoms with Crippen molar-refractivity contribution in [3.63, 3.8) is 0 Å². The van der Waals surface area contributed by atoms with Crippen molar-refractivity contribution >= 4 is 23.2 Å². The van der Waals surface area contributed by atoms with Gasteiger partial charge in [0.15, 0.2) is 5.78 Å². The molecule has 4 rings (SSSR count). The number of halogens is 2. The van der Waals surface area contributed by atoms with Crippen LogP contribution in [0, 0.1) is 11.7 Å². The number of anilines is 1. The molecule has 2 heterocycles. The van der Waals surface area contributed by atoms with Crippen LogP contribution in [-0.4, -0.2) is 28.8 Å². The molecule has 4 nitrogen and oxygen atoms in total. The summed E-state index contributed by atoms with van der Waals surface area (Å²) in [6.45, 7) is 1.52. The average Bonchev–Trinajstić information content (AvgIpc) is 3.47. The third-order valence-electron chi connectivity index (χ3n) is 4.96. The molecule has 0 spiro atoms. The number of nitrogens with zero attached hydrogens (tertiary/aromatic N) is 3. The molecule has 0 amide bonds. The number of carbonyl (C=O) groups is 1. The van der Waals surface area contributed by atoms with Gasteiger partial charge in [-0.2, -0.15) is 0 Å². The van der Waals surface area contributed by atoms with Crippen LogP contribution in [0.5, 0.6) is 0 Å². The summed E-state index contributed by atoms with van der Waals surface area (Å²) in [6.07, 6.45) is 3.79. The molecule has 1 aliphatic heterocycles. The number of aromatic nitrogens is 2. The summed E-state index contributed by atoms with van der Waals surface area (Å²) in [5, 5.41) is 0.483. The van der Waals surface area contributed by atoms with Crippen LogP contribution in [0.25, 0.3) is 0 Å². The van der Waals surface area contributed by atoms with Crippen LogP contribution in [0.15, 0.2) is 30.3 Å². The fraction of sp³-hybridized carbons (Fsp3) is 0.421. The molecular weight excluding hydrogens is 341 g/mol. The van der Waals surface area contributed by atoms with E-state index in [9.17, 15) is 9.18 Å². The molecular formula is C19H19ClFN3O. The van der Waals surface area contributed by atoms with Crippen molar-refractivity contribution in [3.8, 4) is 0 Å². The van der Waals surface area contributed by atoms with Gasteiger partial charge in [0, 0.05) is 36.6 Å². The Morgan fingerprint density at radius 1 is 1.08 bits per heavy atom. The second kappa shape index (κ2) is 6.71. The van der Waals surface area contributed by atoms with Gasteiger partial charge in [-0.3, -0.25) is 4.79 Å². The van der Waals surface area contributed by atoms with Crippen LogP contribution in [0.4, 0.5) is 10.2 Å². The molecule has 130 valence electrons. The van der Waals surface area contributed by atoms with Gasteiger partial charge in [-0.05, 0) is 49.9 Å². The zero-order valence-corrected chi connectivity index (χ0v) is 14.5. The molecule has 1 aromatic heterocycles. The number of hydrogen-bond acceptors (Lipinski definition) is 4. The Labute approximate surface area is 151 Å². The van der Waals surface area contributed by atoms with Gasteiger partial charge in [0.2, 0.25) is 0 Å².